The van der Waals surface area contributed by atoms with Gasteiger partial charge in [0.05, 0.1) is 33.9 Å². The summed E-state index contributed by atoms with van der Waals surface area (Å²) in [7, 11) is 1.06. The van der Waals surface area contributed by atoms with Crippen LogP contribution in [0.2, 0.25) is 0 Å². The number of rotatable bonds is 39. The number of likely N-dealkylation sites (N-methyl/N-ethyl adjacent to an activating group) is 1. The second-order valence-electron chi connectivity index (χ2n) is 15.9. The molecule has 59 heavy (non-hydrogen) atoms. The number of quaternary nitrogens is 1. The summed E-state index contributed by atoms with van der Waals surface area (Å²) in [5.41, 5.74) is 0. The van der Waals surface area contributed by atoms with E-state index in [1.807, 2.05) is 63.7 Å². The third-order valence-corrected chi connectivity index (χ3v) is 9.93. The van der Waals surface area contributed by atoms with Crippen molar-refractivity contribution in [3.8, 4) is 0 Å². The van der Waals surface area contributed by atoms with Gasteiger partial charge in [0.25, 0.3) is 7.82 Å². The molecular weight excluding hydrogens is 765 g/mol. The maximum absolute atomic E-state index is 12.7. The Labute approximate surface area is 359 Å². The minimum absolute atomic E-state index is 0.0628. The Morgan fingerprint density at radius 3 is 1.76 bits per heavy atom. The predicted molar refractivity (Wildman–Crippen MR) is 242 cm³/mol. The number of phosphoric acid groups is 1. The molecule has 0 aliphatic carbocycles. The molecule has 11 heteroatoms. The molecule has 0 heterocycles. The third kappa shape index (κ3) is 43.1. The van der Waals surface area contributed by atoms with Gasteiger partial charge in [0.15, 0.2) is 6.10 Å². The Balaban J connectivity index is 4.61. The van der Waals surface area contributed by atoms with Crippen molar-refractivity contribution in [3.63, 3.8) is 0 Å². The lowest BCUT2D eigenvalue weighted by Crippen LogP contribution is -2.37. The summed E-state index contributed by atoms with van der Waals surface area (Å²) in [4.78, 5) is 37.5. The van der Waals surface area contributed by atoms with Crippen LogP contribution >= 0.6 is 7.82 Å². The van der Waals surface area contributed by atoms with Crippen LogP contribution in [0.1, 0.15) is 149 Å². The van der Waals surface area contributed by atoms with Gasteiger partial charge in [0, 0.05) is 12.8 Å². The fourth-order valence-electron chi connectivity index (χ4n) is 5.39. The molecule has 0 aliphatic rings. The molecular formula is C48H82NO9P. The molecule has 1 N–H and O–H groups in total. The Morgan fingerprint density at radius 1 is 0.627 bits per heavy atom. The van der Waals surface area contributed by atoms with Crippen LogP contribution < -0.4 is 4.89 Å². The number of carbonyl (C=O) groups is 2. The Kier molecular flexibility index (Phi) is 37.4. The lowest BCUT2D eigenvalue weighted by Gasteiger charge is -2.28. The van der Waals surface area contributed by atoms with Crippen molar-refractivity contribution in [2.24, 2.45) is 0 Å². The van der Waals surface area contributed by atoms with Crippen molar-refractivity contribution in [1.82, 2.24) is 0 Å². The number of aliphatic hydroxyl groups excluding tert-OH is 1. The fraction of sp³-hybridized carbons (Fsp3) is 0.667. The van der Waals surface area contributed by atoms with Crippen molar-refractivity contribution >= 4 is 19.8 Å². The van der Waals surface area contributed by atoms with Gasteiger partial charge >= 0.3 is 11.9 Å². The summed E-state index contributed by atoms with van der Waals surface area (Å²) >= 11 is 0. The number of esters is 2. The van der Waals surface area contributed by atoms with Crippen LogP contribution in [0.3, 0.4) is 0 Å². The lowest BCUT2D eigenvalue weighted by atomic mass is 10.1. The molecule has 0 amide bonds. The van der Waals surface area contributed by atoms with Gasteiger partial charge in [-0.2, -0.15) is 0 Å². The number of allylic oxidation sites excluding steroid dienone is 12. The summed E-state index contributed by atoms with van der Waals surface area (Å²) in [6, 6.07) is 0. The maximum atomic E-state index is 12.7. The average molecular weight is 848 g/mol. The molecule has 10 nitrogen and oxygen atoms in total. The zero-order chi connectivity index (χ0) is 43.7. The molecule has 0 spiro atoms. The molecule has 0 aromatic heterocycles. The van der Waals surface area contributed by atoms with Crippen molar-refractivity contribution in [3.05, 3.63) is 85.1 Å². The molecule has 0 fully saturated rings. The summed E-state index contributed by atoms with van der Waals surface area (Å²) < 4.78 is 33.7. The molecule has 0 aromatic rings. The van der Waals surface area contributed by atoms with Gasteiger partial charge in [0.1, 0.15) is 19.8 Å². The van der Waals surface area contributed by atoms with Crippen molar-refractivity contribution < 1.29 is 47.2 Å². The summed E-state index contributed by atoms with van der Waals surface area (Å²) in [6.45, 7) is 3.95. The molecule has 0 rings (SSSR count). The van der Waals surface area contributed by atoms with Crippen LogP contribution in [0.4, 0.5) is 0 Å². The number of carbonyl (C=O) groups excluding carboxylic acids is 2. The van der Waals surface area contributed by atoms with E-state index in [1.165, 1.54) is 57.8 Å². The van der Waals surface area contributed by atoms with E-state index in [0.29, 0.717) is 43.1 Å². The topological polar surface area (TPSA) is 131 Å². The van der Waals surface area contributed by atoms with Crippen LogP contribution in [0.5, 0.6) is 0 Å². The molecule has 3 atom stereocenters. The van der Waals surface area contributed by atoms with Crippen molar-refractivity contribution in [2.45, 2.75) is 161 Å². The highest BCUT2D eigenvalue weighted by Crippen LogP contribution is 2.38. The van der Waals surface area contributed by atoms with Gasteiger partial charge in [-0.1, -0.05) is 144 Å². The van der Waals surface area contributed by atoms with Crippen LogP contribution in [0, 0.1) is 0 Å². The van der Waals surface area contributed by atoms with Gasteiger partial charge in [-0.25, -0.2) is 0 Å². The van der Waals surface area contributed by atoms with E-state index >= 15 is 0 Å². The van der Waals surface area contributed by atoms with E-state index in [-0.39, 0.29) is 26.1 Å². The van der Waals surface area contributed by atoms with E-state index in [4.69, 9.17) is 18.5 Å². The number of unbranched alkanes of at least 4 members (excludes halogenated alkanes) is 11. The zero-order valence-corrected chi connectivity index (χ0v) is 38.4. The average Bonchev–Trinajstić information content (AvgIpc) is 3.18. The first-order chi connectivity index (χ1) is 28.4. The Hall–Kier alpha value is -2.85. The summed E-state index contributed by atoms with van der Waals surface area (Å²) in [5, 5.41) is 10.0. The SMILES string of the molecule is CCCCC/C=C\C[C@@H](O)/C=C/C=C\C/C=C\CCCC(=O)OC[C@H](COP(=O)([O-])OCC[N+](C)(C)C)OC(=O)CCC/C=C\C/C=C\C/C=C\CCCCCCCC. The number of ether oxygens (including phenoxy) is 2. The molecule has 0 saturated heterocycles. The fourth-order valence-corrected chi connectivity index (χ4v) is 6.12. The lowest BCUT2D eigenvalue weighted by molar-refractivity contribution is -0.870. The predicted octanol–water partition coefficient (Wildman–Crippen LogP) is 11.1. The second kappa shape index (κ2) is 39.3. The molecule has 0 saturated carbocycles. The smallest absolute Gasteiger partial charge is 0.306 e. The molecule has 0 aliphatic heterocycles. The third-order valence-electron chi connectivity index (χ3n) is 8.97. The van der Waals surface area contributed by atoms with Crippen LogP contribution in [-0.4, -0.2) is 81.2 Å². The second-order valence-corrected chi connectivity index (χ2v) is 17.3. The van der Waals surface area contributed by atoms with E-state index in [2.05, 4.69) is 50.3 Å². The number of hydrogen-bond acceptors (Lipinski definition) is 9. The first-order valence-corrected chi connectivity index (χ1v) is 23.9. The number of aliphatic hydroxyl groups is 1. The minimum Gasteiger partial charge on any atom is -0.756 e. The minimum atomic E-state index is -4.67. The quantitative estimate of drug-likeness (QED) is 0.0160. The van der Waals surface area contributed by atoms with Crippen molar-refractivity contribution in [1.29, 1.82) is 0 Å². The summed E-state index contributed by atoms with van der Waals surface area (Å²) in [5.74, 6) is -1.01. The van der Waals surface area contributed by atoms with Crippen LogP contribution in [-0.2, 0) is 32.7 Å². The number of nitrogens with zero attached hydrogens (tertiary/aromatic N) is 1. The highest BCUT2D eigenvalue weighted by molar-refractivity contribution is 7.45. The largest absolute Gasteiger partial charge is 0.756 e. The van der Waals surface area contributed by atoms with Gasteiger partial charge in [-0.15, -0.1) is 0 Å². The first-order valence-electron chi connectivity index (χ1n) is 22.4. The van der Waals surface area contributed by atoms with Crippen LogP contribution in [0.25, 0.3) is 0 Å². The van der Waals surface area contributed by atoms with E-state index in [0.717, 1.165) is 32.1 Å². The standard InChI is InChI=1S/C48H82NO9P/c1-6-8-10-12-14-15-16-17-18-19-20-21-22-23-28-32-36-40-48(52)58-46(44-57-59(53,54)56-42-41-49(3,4)5)43-55-47(51)39-35-31-27-25-24-26-30-34-38-45(50)37-33-29-13-11-9-7-2/h17-18,20-21,23,25-30,33-34,38,45-46,50H,6-16,19,22,24,31-32,35-37,39-44H2,1-5H3/b18-17-,21-20-,27-25-,28-23-,30-26-,33-29-,38-34+/t45-,46-/m1/s1. The molecule has 0 radical (unpaired) electrons. The monoisotopic (exact) mass is 848 g/mol. The van der Waals surface area contributed by atoms with Gasteiger partial charge in [0.2, 0.25) is 0 Å². The molecule has 0 aromatic carbocycles. The molecule has 338 valence electrons. The number of hydrogen-bond donors (Lipinski definition) is 1. The highest BCUT2D eigenvalue weighted by atomic mass is 31.2. The normalized spacial score (nSPS) is 14.9. The van der Waals surface area contributed by atoms with E-state index in [1.54, 1.807) is 6.08 Å². The Bertz CT molecular complexity index is 1300. The van der Waals surface area contributed by atoms with E-state index < -0.39 is 38.6 Å². The molecule has 0 bridgehead atoms. The van der Waals surface area contributed by atoms with Crippen molar-refractivity contribution in [2.75, 3.05) is 47.5 Å². The first kappa shape index (κ1) is 56.1. The summed E-state index contributed by atoms with van der Waals surface area (Å²) in [6.07, 6.45) is 46.5. The maximum Gasteiger partial charge on any atom is 0.306 e. The van der Waals surface area contributed by atoms with E-state index in [9.17, 15) is 24.2 Å². The van der Waals surface area contributed by atoms with Gasteiger partial charge < -0.3 is 33.0 Å². The molecule has 1 unspecified atom stereocenters. The Morgan fingerprint density at radius 2 is 1.14 bits per heavy atom. The van der Waals surface area contributed by atoms with Crippen LogP contribution in [0.15, 0.2) is 85.1 Å². The highest BCUT2D eigenvalue weighted by Gasteiger charge is 2.21. The zero-order valence-electron chi connectivity index (χ0n) is 37.5. The van der Waals surface area contributed by atoms with Gasteiger partial charge in [-0.05, 0) is 77.0 Å². The van der Waals surface area contributed by atoms with Gasteiger partial charge in [-0.3, -0.25) is 14.2 Å². The number of phosphoric ester groups is 1.